The van der Waals surface area contributed by atoms with E-state index in [2.05, 4.69) is 15.0 Å². The third-order valence-electron chi connectivity index (χ3n) is 6.57. The van der Waals surface area contributed by atoms with Gasteiger partial charge in [0.1, 0.15) is 30.5 Å². The smallest absolute Gasteiger partial charge is 0.412 e. The number of halogens is 1. The number of pyridine rings is 1. The Morgan fingerprint density at radius 2 is 1.66 bits per heavy atom. The highest BCUT2D eigenvalue weighted by Gasteiger charge is 2.25. The van der Waals surface area contributed by atoms with E-state index in [0.717, 1.165) is 5.56 Å². The number of anilines is 2. The Bertz CT molecular complexity index is 1830. The second kappa shape index (κ2) is 15.1. The molecule has 47 heavy (non-hydrogen) atoms. The van der Waals surface area contributed by atoms with Crippen molar-refractivity contribution in [1.29, 1.82) is 0 Å². The molecule has 0 atom stereocenters. The van der Waals surface area contributed by atoms with Crippen LogP contribution in [0.25, 0.3) is 0 Å². The number of aromatic nitrogens is 1. The van der Waals surface area contributed by atoms with E-state index in [1.165, 1.54) is 56.8 Å². The van der Waals surface area contributed by atoms with Crippen molar-refractivity contribution in [3.8, 4) is 23.0 Å². The molecule has 0 spiro atoms. The first kappa shape index (κ1) is 34.9. The van der Waals surface area contributed by atoms with Crippen LogP contribution in [0.2, 0.25) is 5.02 Å². The molecule has 3 aromatic carbocycles. The van der Waals surface area contributed by atoms with Gasteiger partial charge in [0.25, 0.3) is 10.0 Å². The van der Waals surface area contributed by atoms with Gasteiger partial charge in [0.05, 0.1) is 35.4 Å². The molecule has 14 heteroatoms. The van der Waals surface area contributed by atoms with Crippen LogP contribution in [-0.2, 0) is 24.9 Å². The maximum Gasteiger partial charge on any atom is 0.412 e. The maximum absolute atomic E-state index is 13.6. The summed E-state index contributed by atoms with van der Waals surface area (Å²) in [5, 5.41) is 2.65. The summed E-state index contributed by atoms with van der Waals surface area (Å²) in [5.74, 6) is -0.196. The van der Waals surface area contributed by atoms with E-state index in [9.17, 15) is 18.0 Å². The van der Waals surface area contributed by atoms with Gasteiger partial charge in [0, 0.05) is 12.3 Å². The first-order valence-corrected chi connectivity index (χ1v) is 16.1. The molecule has 1 heterocycles. The average molecular weight is 684 g/mol. The molecule has 4 aromatic rings. The molecule has 248 valence electrons. The number of nitrogens with one attached hydrogen (secondary N) is 2. The van der Waals surface area contributed by atoms with E-state index in [4.69, 9.17) is 35.3 Å². The molecule has 1 aromatic heterocycles. The van der Waals surface area contributed by atoms with Gasteiger partial charge >= 0.3 is 12.1 Å². The molecule has 0 aliphatic carbocycles. The average Bonchev–Trinajstić information content (AvgIpc) is 3.04. The van der Waals surface area contributed by atoms with E-state index >= 15 is 0 Å². The monoisotopic (exact) mass is 683 g/mol. The summed E-state index contributed by atoms with van der Waals surface area (Å²) in [4.78, 5) is 28.8. The standard InChI is InChI=1S/C33H34ClN3O9S/c1-33(2,3)22-9-12-24(13-10-22)47(40,41)37-26-18-21(31(38)43-5)19-28(30(26)46-27-20-23(42-4)11-14-25(27)34)44-16-17-45-32(39)36-29-8-6-7-15-35-29/h6-15,18-20,37H,16-17H2,1-5H3,(H,35,36,39). The summed E-state index contributed by atoms with van der Waals surface area (Å²) in [6.45, 7) is 5.59. The number of ether oxygens (including phenoxy) is 5. The van der Waals surface area contributed by atoms with Gasteiger partial charge in [0.2, 0.25) is 0 Å². The number of hydrogen-bond donors (Lipinski definition) is 2. The maximum atomic E-state index is 13.6. The number of carbonyl (C=O) groups is 2. The lowest BCUT2D eigenvalue weighted by atomic mass is 9.87. The van der Waals surface area contributed by atoms with Gasteiger partial charge in [-0.25, -0.2) is 23.0 Å². The van der Waals surface area contributed by atoms with Gasteiger partial charge in [-0.1, -0.05) is 50.6 Å². The Morgan fingerprint density at radius 3 is 2.30 bits per heavy atom. The second-order valence-electron chi connectivity index (χ2n) is 10.9. The van der Waals surface area contributed by atoms with Gasteiger partial charge in [0.15, 0.2) is 11.5 Å². The summed E-state index contributed by atoms with van der Waals surface area (Å²) >= 11 is 6.42. The quantitative estimate of drug-likeness (QED) is 0.117. The largest absolute Gasteiger partial charge is 0.497 e. The SMILES string of the molecule is COC(=O)c1cc(NS(=O)(=O)c2ccc(C(C)(C)C)cc2)c(Oc2cc(OC)ccc2Cl)c(OCCOC(=O)Nc2ccccn2)c1. The van der Waals surface area contributed by atoms with E-state index in [-0.39, 0.29) is 57.0 Å². The molecule has 0 saturated heterocycles. The van der Waals surface area contributed by atoms with Gasteiger partial charge < -0.3 is 23.7 Å². The molecule has 0 radical (unpaired) electrons. The van der Waals surface area contributed by atoms with Crippen molar-refractivity contribution in [3.63, 3.8) is 0 Å². The van der Waals surface area contributed by atoms with Crippen molar-refractivity contribution >= 4 is 45.2 Å². The highest BCUT2D eigenvalue weighted by atomic mass is 35.5. The first-order chi connectivity index (χ1) is 22.3. The Balaban J connectivity index is 1.70. The minimum absolute atomic E-state index is 0.0332. The number of esters is 1. The number of sulfonamides is 1. The van der Waals surface area contributed by atoms with E-state index < -0.39 is 22.1 Å². The molecule has 12 nitrogen and oxygen atoms in total. The normalized spacial score (nSPS) is 11.3. The Kier molecular flexibility index (Phi) is 11.2. The molecule has 0 aliphatic heterocycles. The molecule has 0 aliphatic rings. The third-order valence-corrected chi connectivity index (χ3v) is 8.26. The minimum Gasteiger partial charge on any atom is -0.497 e. The van der Waals surface area contributed by atoms with Crippen LogP contribution in [0.3, 0.4) is 0 Å². The molecule has 0 fully saturated rings. The van der Waals surface area contributed by atoms with Gasteiger partial charge in [-0.3, -0.25) is 10.0 Å². The Hall–Kier alpha value is -5.01. The van der Waals surface area contributed by atoms with Crippen molar-refractivity contribution in [2.24, 2.45) is 0 Å². The number of benzene rings is 3. The molecular weight excluding hydrogens is 650 g/mol. The van der Waals surface area contributed by atoms with Crippen molar-refractivity contribution in [3.05, 3.63) is 95.1 Å². The minimum atomic E-state index is -4.22. The van der Waals surface area contributed by atoms with Crippen LogP contribution in [0.4, 0.5) is 16.3 Å². The highest BCUT2D eigenvalue weighted by molar-refractivity contribution is 7.92. The van der Waals surface area contributed by atoms with Crippen LogP contribution in [0.5, 0.6) is 23.0 Å². The summed E-state index contributed by atoms with van der Waals surface area (Å²) in [5.41, 5.74) is 0.528. The van der Waals surface area contributed by atoms with Crippen LogP contribution in [0.1, 0.15) is 36.7 Å². The Morgan fingerprint density at radius 1 is 0.915 bits per heavy atom. The van der Waals surface area contributed by atoms with Crippen molar-refractivity contribution in [1.82, 2.24) is 4.98 Å². The third kappa shape index (κ3) is 9.27. The summed E-state index contributed by atoms with van der Waals surface area (Å²) in [6, 6.07) is 18.6. The lowest BCUT2D eigenvalue weighted by Gasteiger charge is -2.21. The fourth-order valence-corrected chi connectivity index (χ4v) is 5.34. The van der Waals surface area contributed by atoms with E-state index in [0.29, 0.717) is 11.6 Å². The second-order valence-corrected chi connectivity index (χ2v) is 13.0. The van der Waals surface area contributed by atoms with E-state index in [1.807, 2.05) is 20.8 Å². The fraction of sp³-hybridized carbons (Fsp3) is 0.242. The van der Waals surface area contributed by atoms with Crippen molar-refractivity contribution < 1.29 is 41.7 Å². The molecular formula is C33H34ClN3O9S. The molecule has 2 N–H and O–H groups in total. The molecule has 0 bridgehead atoms. The van der Waals surface area contributed by atoms with Crippen LogP contribution in [0.15, 0.2) is 83.9 Å². The number of nitrogens with zero attached hydrogens (tertiary/aromatic N) is 1. The van der Waals surface area contributed by atoms with Crippen LogP contribution >= 0.6 is 11.6 Å². The fourth-order valence-electron chi connectivity index (χ4n) is 4.13. The van der Waals surface area contributed by atoms with Gasteiger partial charge in [-0.05, 0) is 59.5 Å². The number of rotatable bonds is 12. The lowest BCUT2D eigenvalue weighted by Crippen LogP contribution is -2.19. The summed E-state index contributed by atoms with van der Waals surface area (Å²) in [6.07, 6.45) is 0.733. The molecule has 0 saturated carbocycles. The molecule has 4 rings (SSSR count). The van der Waals surface area contributed by atoms with Crippen molar-refractivity contribution in [2.75, 3.05) is 37.5 Å². The zero-order valence-corrected chi connectivity index (χ0v) is 27.9. The van der Waals surface area contributed by atoms with Crippen LogP contribution in [0, 0.1) is 0 Å². The number of carbonyl (C=O) groups excluding carboxylic acids is 2. The summed E-state index contributed by atoms with van der Waals surface area (Å²) < 4.78 is 57.2. The Labute approximate surface area is 278 Å². The molecule has 1 amide bonds. The topological polar surface area (TPSA) is 151 Å². The zero-order chi connectivity index (χ0) is 34.2. The predicted octanol–water partition coefficient (Wildman–Crippen LogP) is 7.05. The van der Waals surface area contributed by atoms with Crippen molar-refractivity contribution in [2.45, 2.75) is 31.1 Å². The lowest BCUT2D eigenvalue weighted by molar-refractivity contribution is 0.0600. The highest BCUT2D eigenvalue weighted by Crippen LogP contribution is 2.44. The van der Waals surface area contributed by atoms with E-state index in [1.54, 1.807) is 36.4 Å². The van der Waals surface area contributed by atoms with Crippen LogP contribution in [-0.4, -0.2) is 52.9 Å². The number of methoxy groups -OCH3 is 2. The zero-order valence-electron chi connectivity index (χ0n) is 26.3. The first-order valence-electron chi connectivity index (χ1n) is 14.2. The number of hydrogen-bond acceptors (Lipinski definition) is 10. The summed E-state index contributed by atoms with van der Waals surface area (Å²) in [7, 11) is -1.59. The molecule has 0 unspecified atom stereocenters. The number of amides is 1. The van der Waals surface area contributed by atoms with Gasteiger partial charge in [-0.15, -0.1) is 0 Å². The predicted molar refractivity (Wildman–Crippen MR) is 177 cm³/mol. The van der Waals surface area contributed by atoms with Gasteiger partial charge in [-0.2, -0.15) is 0 Å². The van der Waals surface area contributed by atoms with Crippen LogP contribution < -0.4 is 24.2 Å².